The van der Waals surface area contributed by atoms with E-state index >= 15 is 0 Å². The molecule has 4 N–H and O–H groups in total. The summed E-state index contributed by atoms with van der Waals surface area (Å²) in [5.74, 6) is 0.0959. The molecule has 0 saturated carbocycles. The maximum absolute atomic E-state index is 10.7. The molecule has 0 aliphatic carbocycles. The molecular formula is C19H19NO5. The van der Waals surface area contributed by atoms with Crippen LogP contribution in [0, 0.1) is 0 Å². The van der Waals surface area contributed by atoms with E-state index in [9.17, 15) is 9.90 Å². The lowest BCUT2D eigenvalue weighted by Crippen LogP contribution is -1.96. The number of ether oxygens (including phenoxy) is 2. The van der Waals surface area contributed by atoms with Gasteiger partial charge in [-0.05, 0) is 35.0 Å². The van der Waals surface area contributed by atoms with Crippen molar-refractivity contribution in [2.75, 3.05) is 20.0 Å². The van der Waals surface area contributed by atoms with Gasteiger partial charge in [-0.3, -0.25) is 0 Å². The van der Waals surface area contributed by atoms with Gasteiger partial charge in [0.2, 0.25) is 0 Å². The molecular weight excluding hydrogens is 322 g/mol. The number of nitrogen functional groups attached to an aromatic ring is 1. The van der Waals surface area contributed by atoms with Gasteiger partial charge in [-0.25, -0.2) is 4.79 Å². The minimum absolute atomic E-state index is 0.0660. The predicted octanol–water partition coefficient (Wildman–Crippen LogP) is 3.53. The van der Waals surface area contributed by atoms with Crippen molar-refractivity contribution in [1.82, 2.24) is 0 Å². The molecule has 0 radical (unpaired) electrons. The van der Waals surface area contributed by atoms with Crippen LogP contribution in [-0.4, -0.2) is 30.4 Å². The molecule has 0 saturated heterocycles. The van der Waals surface area contributed by atoms with E-state index in [0.29, 0.717) is 11.4 Å². The number of methoxy groups -OCH3 is 2. The molecule has 0 aliphatic rings. The summed E-state index contributed by atoms with van der Waals surface area (Å²) in [6.45, 7) is 0. The van der Waals surface area contributed by atoms with Crippen molar-refractivity contribution in [3.05, 3.63) is 60.2 Å². The average molecular weight is 341 g/mol. The van der Waals surface area contributed by atoms with Gasteiger partial charge in [0.05, 0.1) is 19.9 Å². The zero-order chi connectivity index (χ0) is 18.4. The van der Waals surface area contributed by atoms with Gasteiger partial charge < -0.3 is 25.4 Å². The van der Waals surface area contributed by atoms with E-state index in [1.165, 1.54) is 12.1 Å². The van der Waals surface area contributed by atoms with E-state index in [-0.39, 0.29) is 11.3 Å². The third kappa shape index (κ3) is 4.32. The van der Waals surface area contributed by atoms with Crippen molar-refractivity contribution in [2.24, 2.45) is 0 Å². The quantitative estimate of drug-likeness (QED) is 0.630. The van der Waals surface area contributed by atoms with Gasteiger partial charge in [0.15, 0.2) is 0 Å². The van der Waals surface area contributed by atoms with Crippen LogP contribution in [0.4, 0.5) is 5.69 Å². The number of fused-ring (bicyclic) bond motifs is 1. The third-order valence-electron chi connectivity index (χ3n) is 3.53. The third-order valence-corrected chi connectivity index (χ3v) is 3.53. The summed E-state index contributed by atoms with van der Waals surface area (Å²) < 4.78 is 9.92. The van der Waals surface area contributed by atoms with Crippen LogP contribution >= 0.6 is 0 Å². The number of carboxylic acids is 1. The van der Waals surface area contributed by atoms with Crippen LogP contribution < -0.4 is 15.2 Å². The molecule has 6 nitrogen and oxygen atoms in total. The monoisotopic (exact) mass is 341 g/mol. The van der Waals surface area contributed by atoms with E-state index in [4.69, 9.17) is 20.3 Å². The average Bonchev–Trinajstić information content (AvgIpc) is 2.61. The zero-order valence-corrected chi connectivity index (χ0v) is 13.9. The highest BCUT2D eigenvalue weighted by atomic mass is 16.5. The van der Waals surface area contributed by atoms with Crippen LogP contribution in [0.25, 0.3) is 10.8 Å². The van der Waals surface area contributed by atoms with Crippen LogP contribution in [0.1, 0.15) is 10.4 Å². The van der Waals surface area contributed by atoms with Crippen molar-refractivity contribution >= 4 is 22.4 Å². The highest BCUT2D eigenvalue weighted by Gasteiger charge is 2.09. The van der Waals surface area contributed by atoms with E-state index in [2.05, 4.69) is 0 Å². The number of anilines is 1. The Bertz CT molecular complexity index is 892. The van der Waals surface area contributed by atoms with Crippen LogP contribution in [0.5, 0.6) is 17.2 Å². The molecule has 25 heavy (non-hydrogen) atoms. The number of aromatic carboxylic acids is 1. The number of benzene rings is 3. The Balaban J connectivity index is 0.000000186. The van der Waals surface area contributed by atoms with Crippen LogP contribution in [0.15, 0.2) is 54.6 Å². The molecule has 0 fully saturated rings. The minimum atomic E-state index is -1.12. The Morgan fingerprint density at radius 1 is 0.960 bits per heavy atom. The number of carbonyl (C=O) groups is 1. The SMILES string of the molecule is COc1ccc(OC)c(N)c1.O=C(O)c1cc2ccccc2cc1O. The Kier molecular flexibility index (Phi) is 5.68. The summed E-state index contributed by atoms with van der Waals surface area (Å²) in [5.41, 5.74) is 6.13. The van der Waals surface area contributed by atoms with Gasteiger partial charge in [-0.1, -0.05) is 24.3 Å². The lowest BCUT2D eigenvalue weighted by Gasteiger charge is -2.05. The lowest BCUT2D eigenvalue weighted by molar-refractivity contribution is 0.0694. The maximum Gasteiger partial charge on any atom is 0.339 e. The fourth-order valence-electron chi connectivity index (χ4n) is 2.24. The fourth-order valence-corrected chi connectivity index (χ4v) is 2.24. The number of nitrogens with two attached hydrogens (primary N) is 1. The van der Waals surface area contributed by atoms with E-state index < -0.39 is 5.97 Å². The molecule has 0 aromatic heterocycles. The number of phenols is 1. The van der Waals surface area contributed by atoms with E-state index in [1.807, 2.05) is 18.2 Å². The van der Waals surface area contributed by atoms with Gasteiger partial charge in [0, 0.05) is 6.07 Å². The molecule has 3 aromatic carbocycles. The first-order chi connectivity index (χ1) is 12.0. The van der Waals surface area contributed by atoms with Crippen molar-refractivity contribution in [3.8, 4) is 17.2 Å². The van der Waals surface area contributed by atoms with Gasteiger partial charge >= 0.3 is 5.97 Å². The van der Waals surface area contributed by atoms with Crippen LogP contribution in [-0.2, 0) is 0 Å². The Morgan fingerprint density at radius 3 is 2.12 bits per heavy atom. The molecule has 3 rings (SSSR count). The van der Waals surface area contributed by atoms with Crippen LogP contribution in [0.3, 0.4) is 0 Å². The van der Waals surface area contributed by atoms with E-state index in [0.717, 1.165) is 16.5 Å². The topological polar surface area (TPSA) is 102 Å². The molecule has 130 valence electrons. The maximum atomic E-state index is 10.7. The fraction of sp³-hybridized carbons (Fsp3) is 0.105. The Morgan fingerprint density at radius 2 is 1.60 bits per heavy atom. The lowest BCUT2D eigenvalue weighted by atomic mass is 10.1. The Hall–Kier alpha value is -3.41. The minimum Gasteiger partial charge on any atom is -0.507 e. The highest BCUT2D eigenvalue weighted by Crippen LogP contribution is 2.25. The number of hydrogen-bond donors (Lipinski definition) is 3. The zero-order valence-electron chi connectivity index (χ0n) is 13.9. The normalized spacial score (nSPS) is 9.84. The second-order valence-corrected chi connectivity index (χ2v) is 5.13. The molecule has 3 aromatic rings. The van der Waals surface area contributed by atoms with Crippen molar-refractivity contribution < 1.29 is 24.5 Å². The largest absolute Gasteiger partial charge is 0.507 e. The summed E-state index contributed by atoms with van der Waals surface area (Å²) in [5, 5.41) is 19.8. The standard InChI is InChI=1S/C11H8O3.C8H11NO2/c12-10-6-8-4-2-1-3-7(8)5-9(10)11(13)14;1-10-6-3-4-8(11-2)7(9)5-6/h1-6,12H,(H,13,14);3-5H,9H2,1-2H3. The summed E-state index contributed by atoms with van der Waals surface area (Å²) in [6.07, 6.45) is 0. The van der Waals surface area contributed by atoms with Gasteiger partial charge in [0.1, 0.15) is 22.8 Å². The second kappa shape index (κ2) is 7.92. The first kappa shape index (κ1) is 17.9. The van der Waals surface area contributed by atoms with E-state index in [1.54, 1.807) is 38.5 Å². The number of hydrogen-bond acceptors (Lipinski definition) is 5. The first-order valence-electron chi connectivity index (χ1n) is 7.38. The molecule has 0 atom stereocenters. The molecule has 0 bridgehead atoms. The van der Waals surface area contributed by atoms with Gasteiger partial charge in [0.25, 0.3) is 0 Å². The van der Waals surface area contributed by atoms with Crippen molar-refractivity contribution in [1.29, 1.82) is 0 Å². The summed E-state index contributed by atoms with van der Waals surface area (Å²) in [4.78, 5) is 10.7. The number of carboxylic acid groups (broad SMARTS) is 1. The van der Waals surface area contributed by atoms with Gasteiger partial charge in [-0.2, -0.15) is 0 Å². The van der Waals surface area contributed by atoms with Crippen LogP contribution in [0.2, 0.25) is 0 Å². The molecule has 0 amide bonds. The molecule has 0 unspecified atom stereocenters. The molecule has 0 heterocycles. The van der Waals surface area contributed by atoms with Crippen molar-refractivity contribution in [2.45, 2.75) is 0 Å². The molecule has 0 spiro atoms. The highest BCUT2D eigenvalue weighted by molar-refractivity contribution is 5.97. The second-order valence-electron chi connectivity index (χ2n) is 5.13. The smallest absolute Gasteiger partial charge is 0.339 e. The summed E-state index contributed by atoms with van der Waals surface area (Å²) >= 11 is 0. The molecule has 6 heteroatoms. The number of aromatic hydroxyl groups is 1. The summed E-state index contributed by atoms with van der Waals surface area (Å²) in [6, 6.07) is 15.5. The Labute approximate surface area is 145 Å². The van der Waals surface area contributed by atoms with Gasteiger partial charge in [-0.15, -0.1) is 0 Å². The summed E-state index contributed by atoms with van der Waals surface area (Å²) in [7, 11) is 3.18. The van der Waals surface area contributed by atoms with Crippen molar-refractivity contribution in [3.63, 3.8) is 0 Å². The predicted molar refractivity (Wildman–Crippen MR) is 96.5 cm³/mol. The molecule has 0 aliphatic heterocycles. The first-order valence-corrected chi connectivity index (χ1v) is 7.38. The number of rotatable bonds is 3.